The average molecular weight is 298 g/mol. The molecule has 0 saturated carbocycles. The second-order valence-electron chi connectivity index (χ2n) is 5.10. The summed E-state index contributed by atoms with van der Waals surface area (Å²) in [4.78, 5) is 0.356. The fourth-order valence-electron chi connectivity index (χ4n) is 2.56. The van der Waals surface area contributed by atoms with Crippen molar-refractivity contribution in [3.05, 3.63) is 24.3 Å². The third-order valence-corrected chi connectivity index (χ3v) is 5.54. The van der Waals surface area contributed by atoms with Gasteiger partial charge in [-0.05, 0) is 43.0 Å². The molecule has 0 aliphatic carbocycles. The number of hydrogen-bond acceptors (Lipinski definition) is 4. The molecule has 6 heteroatoms. The SMILES string of the molecule is CNc1ccc(S(=O)(=O)N2CCCC(COC)C2)cc1. The summed E-state index contributed by atoms with van der Waals surface area (Å²) in [6.07, 6.45) is 1.92. The van der Waals surface area contributed by atoms with Gasteiger partial charge in [0.15, 0.2) is 0 Å². The number of nitrogens with one attached hydrogen (secondary N) is 1. The van der Waals surface area contributed by atoms with Crippen molar-refractivity contribution >= 4 is 15.7 Å². The minimum absolute atomic E-state index is 0.292. The number of anilines is 1. The molecule has 1 fully saturated rings. The van der Waals surface area contributed by atoms with Crippen molar-refractivity contribution in [1.82, 2.24) is 4.31 Å². The molecular formula is C14H22N2O3S. The summed E-state index contributed by atoms with van der Waals surface area (Å²) < 4.78 is 31.9. The zero-order valence-corrected chi connectivity index (χ0v) is 12.8. The molecule has 5 nitrogen and oxygen atoms in total. The van der Waals surface area contributed by atoms with E-state index in [1.165, 1.54) is 0 Å². The number of ether oxygens (including phenoxy) is 1. The first kappa shape index (κ1) is 15.3. The normalized spacial score (nSPS) is 20.8. The van der Waals surface area contributed by atoms with Crippen LogP contribution in [0.1, 0.15) is 12.8 Å². The predicted molar refractivity (Wildman–Crippen MR) is 79.3 cm³/mol. The molecule has 0 amide bonds. The van der Waals surface area contributed by atoms with Gasteiger partial charge in [0.05, 0.1) is 11.5 Å². The molecule has 1 unspecified atom stereocenters. The maximum Gasteiger partial charge on any atom is 0.243 e. The van der Waals surface area contributed by atoms with Crippen LogP contribution in [0.4, 0.5) is 5.69 Å². The van der Waals surface area contributed by atoms with Gasteiger partial charge in [0.25, 0.3) is 0 Å². The smallest absolute Gasteiger partial charge is 0.243 e. The van der Waals surface area contributed by atoms with Crippen LogP contribution in [-0.2, 0) is 14.8 Å². The van der Waals surface area contributed by atoms with Crippen molar-refractivity contribution in [3.8, 4) is 0 Å². The molecule has 1 aromatic rings. The lowest BCUT2D eigenvalue weighted by Crippen LogP contribution is -2.41. The second-order valence-corrected chi connectivity index (χ2v) is 7.04. The molecule has 0 spiro atoms. The summed E-state index contributed by atoms with van der Waals surface area (Å²) >= 11 is 0. The summed E-state index contributed by atoms with van der Waals surface area (Å²) in [6.45, 7) is 1.75. The van der Waals surface area contributed by atoms with E-state index in [1.54, 1.807) is 35.7 Å². The molecule has 1 aromatic carbocycles. The van der Waals surface area contributed by atoms with E-state index in [1.807, 2.05) is 7.05 Å². The van der Waals surface area contributed by atoms with Gasteiger partial charge in [-0.1, -0.05) is 0 Å². The Labute approximate surface area is 121 Å². The zero-order valence-electron chi connectivity index (χ0n) is 12.0. The van der Waals surface area contributed by atoms with Gasteiger partial charge in [-0.2, -0.15) is 4.31 Å². The lowest BCUT2D eigenvalue weighted by atomic mass is 10.0. The van der Waals surface area contributed by atoms with Crippen molar-refractivity contribution in [3.63, 3.8) is 0 Å². The highest BCUT2D eigenvalue weighted by Crippen LogP contribution is 2.24. The molecule has 1 aliphatic heterocycles. The third kappa shape index (κ3) is 3.31. The Balaban J connectivity index is 2.16. The minimum Gasteiger partial charge on any atom is -0.388 e. The first-order valence-electron chi connectivity index (χ1n) is 6.85. The van der Waals surface area contributed by atoms with Crippen molar-refractivity contribution < 1.29 is 13.2 Å². The van der Waals surface area contributed by atoms with Crippen LogP contribution in [0.25, 0.3) is 0 Å². The molecule has 1 saturated heterocycles. The van der Waals surface area contributed by atoms with Crippen LogP contribution < -0.4 is 5.32 Å². The van der Waals surface area contributed by atoms with E-state index in [4.69, 9.17) is 4.74 Å². The van der Waals surface area contributed by atoms with Crippen LogP contribution in [0.15, 0.2) is 29.2 Å². The summed E-state index contributed by atoms with van der Waals surface area (Å²) in [5, 5.41) is 2.98. The Morgan fingerprint density at radius 3 is 2.65 bits per heavy atom. The van der Waals surface area contributed by atoms with Gasteiger partial charge in [-0.25, -0.2) is 8.42 Å². The van der Waals surface area contributed by atoms with E-state index < -0.39 is 10.0 Å². The number of benzene rings is 1. The highest BCUT2D eigenvalue weighted by atomic mass is 32.2. The van der Waals surface area contributed by atoms with Gasteiger partial charge >= 0.3 is 0 Å². The molecule has 112 valence electrons. The molecule has 2 rings (SSSR count). The van der Waals surface area contributed by atoms with Crippen molar-refractivity contribution in [2.75, 3.05) is 39.2 Å². The Bertz CT molecular complexity index is 526. The lowest BCUT2D eigenvalue weighted by molar-refractivity contribution is 0.118. The number of sulfonamides is 1. The molecule has 0 radical (unpaired) electrons. The Morgan fingerprint density at radius 2 is 2.05 bits per heavy atom. The molecule has 0 bridgehead atoms. The lowest BCUT2D eigenvalue weighted by Gasteiger charge is -2.31. The van der Waals surface area contributed by atoms with E-state index >= 15 is 0 Å². The monoisotopic (exact) mass is 298 g/mol. The van der Waals surface area contributed by atoms with Gasteiger partial charge in [0.2, 0.25) is 10.0 Å². The third-order valence-electron chi connectivity index (χ3n) is 3.66. The van der Waals surface area contributed by atoms with E-state index in [-0.39, 0.29) is 0 Å². The van der Waals surface area contributed by atoms with Crippen molar-refractivity contribution in [2.45, 2.75) is 17.7 Å². The van der Waals surface area contributed by atoms with E-state index in [9.17, 15) is 8.42 Å². The highest BCUT2D eigenvalue weighted by molar-refractivity contribution is 7.89. The minimum atomic E-state index is -3.39. The van der Waals surface area contributed by atoms with Crippen LogP contribution in [0, 0.1) is 5.92 Å². The molecule has 1 atom stereocenters. The molecular weight excluding hydrogens is 276 g/mol. The summed E-state index contributed by atoms with van der Waals surface area (Å²) in [6, 6.07) is 6.87. The van der Waals surface area contributed by atoms with Crippen molar-refractivity contribution in [1.29, 1.82) is 0 Å². The second kappa shape index (κ2) is 6.56. The Hall–Kier alpha value is -1.11. The van der Waals surface area contributed by atoms with Gasteiger partial charge in [-0.15, -0.1) is 0 Å². The molecule has 1 aliphatic rings. The summed E-state index contributed by atoms with van der Waals surface area (Å²) in [5.41, 5.74) is 0.903. The number of rotatable bonds is 5. The van der Waals surface area contributed by atoms with Crippen LogP contribution in [0.2, 0.25) is 0 Å². The maximum absolute atomic E-state index is 12.6. The largest absolute Gasteiger partial charge is 0.388 e. The molecule has 1 heterocycles. The van der Waals surface area contributed by atoms with Crippen LogP contribution in [0.5, 0.6) is 0 Å². The van der Waals surface area contributed by atoms with E-state index in [0.717, 1.165) is 18.5 Å². The first-order chi connectivity index (χ1) is 9.57. The number of nitrogens with zero attached hydrogens (tertiary/aromatic N) is 1. The standard InChI is InChI=1S/C14H22N2O3S/c1-15-13-5-7-14(8-6-13)20(17,18)16-9-3-4-12(10-16)11-19-2/h5-8,12,15H,3-4,9-11H2,1-2H3. The van der Waals surface area contributed by atoms with Gasteiger partial charge in [0, 0.05) is 32.9 Å². The van der Waals surface area contributed by atoms with Gasteiger partial charge in [-0.3, -0.25) is 0 Å². The van der Waals surface area contributed by atoms with Crippen molar-refractivity contribution in [2.24, 2.45) is 5.92 Å². The van der Waals surface area contributed by atoms with Crippen LogP contribution in [0.3, 0.4) is 0 Å². The molecule has 20 heavy (non-hydrogen) atoms. The fraction of sp³-hybridized carbons (Fsp3) is 0.571. The number of methoxy groups -OCH3 is 1. The highest BCUT2D eigenvalue weighted by Gasteiger charge is 2.30. The average Bonchev–Trinajstić information content (AvgIpc) is 2.48. The number of piperidine rings is 1. The first-order valence-corrected chi connectivity index (χ1v) is 8.29. The molecule has 1 N–H and O–H groups in total. The van der Waals surface area contributed by atoms with Crippen LogP contribution in [-0.4, -0.2) is 46.6 Å². The van der Waals surface area contributed by atoms with Gasteiger partial charge < -0.3 is 10.1 Å². The van der Waals surface area contributed by atoms with E-state index in [2.05, 4.69) is 5.32 Å². The predicted octanol–water partition coefficient (Wildman–Crippen LogP) is 1.78. The topological polar surface area (TPSA) is 58.6 Å². The fourth-order valence-corrected chi connectivity index (χ4v) is 4.11. The summed E-state index contributed by atoms with van der Waals surface area (Å²) in [7, 11) is 0.0774. The maximum atomic E-state index is 12.6. The Morgan fingerprint density at radius 1 is 1.35 bits per heavy atom. The number of hydrogen-bond donors (Lipinski definition) is 1. The molecule has 0 aromatic heterocycles. The Kier molecular flexibility index (Phi) is 5.01. The van der Waals surface area contributed by atoms with Crippen LogP contribution >= 0.6 is 0 Å². The summed E-state index contributed by atoms with van der Waals surface area (Å²) in [5.74, 6) is 0.292. The van der Waals surface area contributed by atoms with Gasteiger partial charge in [0.1, 0.15) is 0 Å². The zero-order chi connectivity index (χ0) is 14.6. The van der Waals surface area contributed by atoms with E-state index in [0.29, 0.717) is 30.5 Å². The quantitative estimate of drug-likeness (QED) is 0.900.